The molecule has 1 N–H and O–H groups in total. The van der Waals surface area contributed by atoms with E-state index in [1.165, 1.54) is 0 Å². The minimum atomic E-state index is -0.282. The van der Waals surface area contributed by atoms with Crippen molar-refractivity contribution in [2.24, 2.45) is 0 Å². The van der Waals surface area contributed by atoms with Gasteiger partial charge in [-0.05, 0) is 32.3 Å². The second kappa shape index (κ2) is 7.41. The summed E-state index contributed by atoms with van der Waals surface area (Å²) in [6.45, 7) is 6.40. The highest BCUT2D eigenvalue weighted by molar-refractivity contribution is 5.05. The van der Waals surface area contributed by atoms with Gasteiger partial charge < -0.3 is 9.84 Å². The first-order chi connectivity index (χ1) is 7.76. The lowest BCUT2D eigenvalue weighted by Gasteiger charge is -2.08. The Morgan fingerprint density at radius 1 is 1.50 bits per heavy atom. The third-order valence-corrected chi connectivity index (χ3v) is 2.51. The molecule has 0 aliphatic heterocycles. The normalized spacial score (nSPS) is 12.9. The van der Waals surface area contributed by atoms with E-state index >= 15 is 0 Å². The third-order valence-electron chi connectivity index (χ3n) is 2.51. The van der Waals surface area contributed by atoms with Crippen molar-refractivity contribution in [1.29, 1.82) is 0 Å². The van der Waals surface area contributed by atoms with Crippen LogP contribution in [0, 0.1) is 0 Å². The molecule has 1 unspecified atom stereocenters. The largest absolute Gasteiger partial charge is 0.393 e. The Balaban J connectivity index is 2.20. The van der Waals surface area contributed by atoms with Gasteiger partial charge in [0.25, 0.3) is 0 Å². The van der Waals surface area contributed by atoms with Crippen molar-refractivity contribution in [3.63, 3.8) is 0 Å². The lowest BCUT2D eigenvalue weighted by atomic mass is 10.1. The van der Waals surface area contributed by atoms with Gasteiger partial charge in [-0.25, -0.2) is 0 Å². The predicted molar refractivity (Wildman–Crippen MR) is 63.3 cm³/mol. The van der Waals surface area contributed by atoms with Crippen LogP contribution in [0.3, 0.4) is 0 Å². The van der Waals surface area contributed by atoms with Crippen LogP contribution in [0.15, 0.2) is 12.4 Å². The molecule has 0 spiro atoms. The molecule has 0 aromatic carbocycles. The summed E-state index contributed by atoms with van der Waals surface area (Å²) in [7, 11) is 0. The topological polar surface area (TPSA) is 47.3 Å². The second-order valence-electron chi connectivity index (χ2n) is 3.90. The molecule has 0 amide bonds. The molecule has 0 fully saturated rings. The molecule has 0 aliphatic rings. The van der Waals surface area contributed by atoms with Gasteiger partial charge in [0.2, 0.25) is 0 Å². The molecular formula is C12H22N2O2. The number of aromatic nitrogens is 2. The molecule has 0 radical (unpaired) electrons. The summed E-state index contributed by atoms with van der Waals surface area (Å²) in [4.78, 5) is 0. The summed E-state index contributed by atoms with van der Waals surface area (Å²) in [5, 5.41) is 14.0. The number of nitrogens with zero attached hydrogens (tertiary/aromatic N) is 2. The summed E-state index contributed by atoms with van der Waals surface area (Å²) in [5.41, 5.74) is 1.10. The summed E-state index contributed by atoms with van der Waals surface area (Å²) in [6.07, 6.45) is 5.93. The van der Waals surface area contributed by atoms with Gasteiger partial charge in [-0.15, -0.1) is 0 Å². The SMILES string of the molecule is CCOCCCC(O)Cc1cnn(CC)c1. The van der Waals surface area contributed by atoms with Crippen LogP contribution in [-0.4, -0.2) is 34.2 Å². The quantitative estimate of drug-likeness (QED) is 0.685. The Morgan fingerprint density at radius 3 is 2.94 bits per heavy atom. The Labute approximate surface area is 97.2 Å². The van der Waals surface area contributed by atoms with Gasteiger partial charge in [-0.2, -0.15) is 5.10 Å². The first-order valence-electron chi connectivity index (χ1n) is 6.03. The number of aliphatic hydroxyl groups is 1. The van der Waals surface area contributed by atoms with Crippen LogP contribution >= 0.6 is 0 Å². The van der Waals surface area contributed by atoms with E-state index in [-0.39, 0.29) is 6.10 Å². The molecule has 1 atom stereocenters. The number of aliphatic hydroxyl groups excluding tert-OH is 1. The Hall–Kier alpha value is -0.870. The Kier molecular flexibility index (Phi) is 6.11. The van der Waals surface area contributed by atoms with Crippen molar-refractivity contribution in [3.8, 4) is 0 Å². The van der Waals surface area contributed by atoms with Crippen LogP contribution < -0.4 is 0 Å². The molecule has 92 valence electrons. The maximum Gasteiger partial charge on any atom is 0.0582 e. The molecule has 1 rings (SSSR count). The smallest absolute Gasteiger partial charge is 0.0582 e. The standard InChI is InChI=1S/C12H22N2O2/c1-3-14-10-11(9-13-14)8-12(15)6-5-7-16-4-2/h9-10,12,15H,3-8H2,1-2H3. The number of aryl methyl sites for hydroxylation is 1. The minimum absolute atomic E-state index is 0.282. The van der Waals surface area contributed by atoms with Gasteiger partial charge in [0.1, 0.15) is 0 Å². The lowest BCUT2D eigenvalue weighted by Crippen LogP contribution is -2.11. The number of rotatable bonds is 8. The zero-order valence-corrected chi connectivity index (χ0v) is 10.2. The monoisotopic (exact) mass is 226 g/mol. The molecule has 1 heterocycles. The van der Waals surface area contributed by atoms with Crippen LogP contribution in [0.25, 0.3) is 0 Å². The maximum atomic E-state index is 9.79. The van der Waals surface area contributed by atoms with Gasteiger partial charge >= 0.3 is 0 Å². The molecule has 0 bridgehead atoms. The average molecular weight is 226 g/mol. The van der Waals surface area contributed by atoms with Crippen LogP contribution in [0.2, 0.25) is 0 Å². The third kappa shape index (κ3) is 4.77. The fourth-order valence-corrected chi connectivity index (χ4v) is 1.62. The van der Waals surface area contributed by atoms with Crippen molar-refractivity contribution in [3.05, 3.63) is 18.0 Å². The summed E-state index contributed by atoms with van der Waals surface area (Å²) in [6, 6.07) is 0. The summed E-state index contributed by atoms with van der Waals surface area (Å²) in [5.74, 6) is 0. The first kappa shape index (κ1) is 13.2. The van der Waals surface area contributed by atoms with E-state index in [9.17, 15) is 5.11 Å². The van der Waals surface area contributed by atoms with Gasteiger partial charge in [0, 0.05) is 32.4 Å². The number of ether oxygens (including phenoxy) is 1. The van der Waals surface area contributed by atoms with Crippen molar-refractivity contribution < 1.29 is 9.84 Å². The zero-order chi connectivity index (χ0) is 11.8. The minimum Gasteiger partial charge on any atom is -0.393 e. The zero-order valence-electron chi connectivity index (χ0n) is 10.2. The molecule has 16 heavy (non-hydrogen) atoms. The van der Waals surface area contributed by atoms with Gasteiger partial charge in [0.15, 0.2) is 0 Å². The van der Waals surface area contributed by atoms with E-state index in [1.54, 1.807) is 0 Å². The molecule has 1 aromatic heterocycles. The van der Waals surface area contributed by atoms with E-state index in [4.69, 9.17) is 4.74 Å². The number of hydrogen-bond acceptors (Lipinski definition) is 3. The molecule has 0 saturated carbocycles. The fourth-order valence-electron chi connectivity index (χ4n) is 1.62. The highest BCUT2D eigenvalue weighted by Crippen LogP contribution is 2.07. The van der Waals surface area contributed by atoms with E-state index in [0.717, 1.165) is 38.2 Å². The van der Waals surface area contributed by atoms with Crippen molar-refractivity contribution >= 4 is 0 Å². The highest BCUT2D eigenvalue weighted by Gasteiger charge is 2.07. The first-order valence-corrected chi connectivity index (χ1v) is 6.03. The van der Waals surface area contributed by atoms with Gasteiger partial charge in [-0.3, -0.25) is 4.68 Å². The molecule has 0 saturated heterocycles. The van der Waals surface area contributed by atoms with E-state index in [2.05, 4.69) is 12.0 Å². The van der Waals surface area contributed by atoms with Crippen molar-refractivity contribution in [2.75, 3.05) is 13.2 Å². The van der Waals surface area contributed by atoms with Crippen molar-refractivity contribution in [2.45, 2.75) is 45.8 Å². The average Bonchev–Trinajstić information content (AvgIpc) is 2.72. The molecule has 4 nitrogen and oxygen atoms in total. The van der Waals surface area contributed by atoms with Crippen molar-refractivity contribution in [1.82, 2.24) is 9.78 Å². The Morgan fingerprint density at radius 2 is 2.31 bits per heavy atom. The summed E-state index contributed by atoms with van der Waals surface area (Å²) < 4.78 is 7.11. The van der Waals surface area contributed by atoms with E-state index in [0.29, 0.717) is 6.42 Å². The van der Waals surface area contributed by atoms with Gasteiger partial charge in [0.05, 0.1) is 12.3 Å². The summed E-state index contributed by atoms with van der Waals surface area (Å²) >= 11 is 0. The lowest BCUT2D eigenvalue weighted by molar-refractivity contribution is 0.114. The van der Waals surface area contributed by atoms with Gasteiger partial charge in [-0.1, -0.05) is 0 Å². The predicted octanol–water partition coefficient (Wildman–Crippen LogP) is 1.62. The van der Waals surface area contributed by atoms with E-state index < -0.39 is 0 Å². The fraction of sp³-hybridized carbons (Fsp3) is 0.750. The molecule has 4 heteroatoms. The molecule has 1 aromatic rings. The van der Waals surface area contributed by atoms with Crippen LogP contribution in [-0.2, 0) is 17.7 Å². The molecular weight excluding hydrogens is 204 g/mol. The second-order valence-corrected chi connectivity index (χ2v) is 3.90. The van der Waals surface area contributed by atoms with E-state index in [1.807, 2.05) is 24.0 Å². The Bertz CT molecular complexity index is 286. The maximum absolute atomic E-state index is 9.79. The van der Waals surface area contributed by atoms with Crippen LogP contribution in [0.5, 0.6) is 0 Å². The van der Waals surface area contributed by atoms with Crippen LogP contribution in [0.4, 0.5) is 0 Å². The highest BCUT2D eigenvalue weighted by atomic mass is 16.5. The van der Waals surface area contributed by atoms with Crippen LogP contribution in [0.1, 0.15) is 32.3 Å². The molecule has 0 aliphatic carbocycles. The number of hydrogen-bond donors (Lipinski definition) is 1.